The molecule has 0 radical (unpaired) electrons. The summed E-state index contributed by atoms with van der Waals surface area (Å²) in [7, 11) is 0. The number of benzene rings is 2. The van der Waals surface area contributed by atoms with Crippen LogP contribution in [0.3, 0.4) is 0 Å². The summed E-state index contributed by atoms with van der Waals surface area (Å²) >= 11 is 18.4. The first-order valence-corrected chi connectivity index (χ1v) is 11.8. The van der Waals surface area contributed by atoms with Crippen LogP contribution in [-0.4, -0.2) is 42.0 Å². The van der Waals surface area contributed by atoms with Crippen LogP contribution in [0.4, 0.5) is 5.69 Å². The van der Waals surface area contributed by atoms with Crippen LogP contribution in [-0.2, 0) is 11.3 Å². The molecule has 168 valence electrons. The second-order valence-corrected chi connectivity index (χ2v) is 9.33. The van der Waals surface area contributed by atoms with Crippen LogP contribution in [0.15, 0.2) is 48.7 Å². The number of carbonyl (C=O) groups is 1. The Kier molecular flexibility index (Phi) is 7.74. The first kappa shape index (κ1) is 23.1. The topological polar surface area (TPSA) is 57.3 Å². The van der Waals surface area contributed by atoms with E-state index in [-0.39, 0.29) is 11.8 Å². The van der Waals surface area contributed by atoms with Gasteiger partial charge in [0.05, 0.1) is 11.4 Å². The van der Waals surface area contributed by atoms with E-state index >= 15 is 0 Å². The molecule has 1 fully saturated rings. The molecule has 1 aliphatic heterocycles. The molecule has 8 heteroatoms. The zero-order valence-electron chi connectivity index (χ0n) is 17.6. The second kappa shape index (κ2) is 10.7. The first-order valence-electron chi connectivity index (χ1n) is 10.7. The van der Waals surface area contributed by atoms with Crippen LogP contribution < -0.4 is 10.6 Å². The number of hydrogen-bond acceptors (Lipinski definition) is 4. The number of amides is 1. The lowest BCUT2D eigenvalue weighted by molar-refractivity contribution is -0.126. The van der Waals surface area contributed by atoms with Gasteiger partial charge in [0, 0.05) is 58.5 Å². The van der Waals surface area contributed by atoms with Gasteiger partial charge in [0.1, 0.15) is 0 Å². The van der Waals surface area contributed by atoms with E-state index in [2.05, 4.69) is 20.5 Å². The molecular weight excluding hydrogens is 467 g/mol. The van der Waals surface area contributed by atoms with E-state index < -0.39 is 0 Å². The number of nitrogens with zero attached hydrogens (tertiary/aromatic N) is 2. The average Bonchev–Trinajstić information content (AvgIpc) is 2.78. The molecule has 0 aliphatic carbocycles. The van der Waals surface area contributed by atoms with Crippen molar-refractivity contribution in [2.75, 3.05) is 31.5 Å². The van der Waals surface area contributed by atoms with Crippen LogP contribution in [0.25, 0.3) is 10.9 Å². The zero-order chi connectivity index (χ0) is 22.5. The minimum Gasteiger partial charge on any atom is -0.383 e. The standard InChI is InChI=1S/C24H25Cl3N4O/c25-18-4-3-16(21(27)12-18)14-31-11-1-2-17(15-31)24(32)30-10-9-29-22-7-8-28-23-13-19(26)5-6-20(22)23/h3-8,12-13,17H,1-2,9-11,14-15H2,(H,28,29)(H,30,32)/t17-/m0/s1. The molecule has 0 spiro atoms. The Bertz CT molecular complexity index is 1110. The van der Waals surface area contributed by atoms with Gasteiger partial charge in [0.15, 0.2) is 0 Å². The maximum Gasteiger partial charge on any atom is 0.224 e. The fraction of sp³-hybridized carbons (Fsp3) is 0.333. The van der Waals surface area contributed by atoms with Crippen molar-refractivity contribution in [1.29, 1.82) is 0 Å². The Labute approximate surface area is 203 Å². The first-order chi connectivity index (χ1) is 15.5. The lowest BCUT2D eigenvalue weighted by atomic mass is 9.96. The Morgan fingerprint density at radius 3 is 2.72 bits per heavy atom. The Morgan fingerprint density at radius 2 is 1.88 bits per heavy atom. The number of nitrogens with one attached hydrogen (secondary N) is 2. The number of likely N-dealkylation sites (tertiary alicyclic amines) is 1. The molecule has 2 heterocycles. The molecule has 32 heavy (non-hydrogen) atoms. The van der Waals surface area contributed by atoms with Crippen LogP contribution in [0.1, 0.15) is 18.4 Å². The van der Waals surface area contributed by atoms with E-state index in [0.29, 0.717) is 28.2 Å². The molecule has 5 nitrogen and oxygen atoms in total. The number of fused-ring (bicyclic) bond motifs is 1. The average molecular weight is 492 g/mol. The molecule has 1 aliphatic rings. The van der Waals surface area contributed by atoms with Crippen molar-refractivity contribution >= 4 is 57.3 Å². The Morgan fingerprint density at radius 1 is 1.06 bits per heavy atom. The van der Waals surface area contributed by atoms with E-state index in [4.69, 9.17) is 34.8 Å². The molecule has 0 saturated carbocycles. The lowest BCUT2D eigenvalue weighted by Gasteiger charge is -2.32. The van der Waals surface area contributed by atoms with Gasteiger partial charge in [0.2, 0.25) is 5.91 Å². The number of carbonyl (C=O) groups excluding carboxylic acids is 1. The molecule has 1 aromatic heterocycles. The SMILES string of the molecule is O=C(NCCNc1ccnc2cc(Cl)ccc12)[C@H]1CCCN(Cc2ccc(Cl)cc2Cl)C1. The summed E-state index contributed by atoms with van der Waals surface area (Å²) in [4.78, 5) is 19.4. The van der Waals surface area contributed by atoms with Crippen molar-refractivity contribution in [3.63, 3.8) is 0 Å². The second-order valence-electron chi connectivity index (χ2n) is 8.05. The normalized spacial score (nSPS) is 16.8. The third kappa shape index (κ3) is 5.84. The molecule has 2 aromatic carbocycles. The van der Waals surface area contributed by atoms with Gasteiger partial charge in [0.25, 0.3) is 0 Å². The minimum atomic E-state index is -0.0151. The molecule has 1 atom stereocenters. The number of pyridine rings is 1. The third-order valence-corrected chi connectivity index (χ3v) is 6.55. The maximum absolute atomic E-state index is 12.7. The van der Waals surface area contributed by atoms with Crippen molar-refractivity contribution in [3.8, 4) is 0 Å². The number of anilines is 1. The minimum absolute atomic E-state index is 0.0151. The van der Waals surface area contributed by atoms with Crippen LogP contribution in [0, 0.1) is 5.92 Å². The smallest absolute Gasteiger partial charge is 0.224 e. The van der Waals surface area contributed by atoms with Gasteiger partial charge < -0.3 is 10.6 Å². The Balaban J connectivity index is 1.26. The van der Waals surface area contributed by atoms with Crippen molar-refractivity contribution in [1.82, 2.24) is 15.2 Å². The summed E-state index contributed by atoms with van der Waals surface area (Å²) < 4.78 is 0. The Hall–Kier alpha value is -2.05. The third-order valence-electron chi connectivity index (χ3n) is 5.73. The van der Waals surface area contributed by atoms with E-state index in [0.717, 1.165) is 54.6 Å². The number of halogens is 3. The highest BCUT2D eigenvalue weighted by atomic mass is 35.5. The summed E-state index contributed by atoms with van der Waals surface area (Å²) in [6.45, 7) is 3.60. The summed E-state index contributed by atoms with van der Waals surface area (Å²) in [6.07, 6.45) is 3.65. The predicted molar refractivity (Wildman–Crippen MR) is 133 cm³/mol. The van der Waals surface area contributed by atoms with Crippen LogP contribution >= 0.6 is 34.8 Å². The van der Waals surface area contributed by atoms with Gasteiger partial charge >= 0.3 is 0 Å². The molecule has 0 bridgehead atoms. The van der Waals surface area contributed by atoms with Gasteiger partial charge in [-0.05, 0) is 61.3 Å². The monoisotopic (exact) mass is 490 g/mol. The van der Waals surface area contributed by atoms with Crippen molar-refractivity contribution in [2.24, 2.45) is 5.92 Å². The van der Waals surface area contributed by atoms with E-state index in [1.54, 1.807) is 12.3 Å². The number of rotatable bonds is 7. The van der Waals surface area contributed by atoms with Crippen molar-refractivity contribution in [3.05, 3.63) is 69.3 Å². The quantitative estimate of drug-likeness (QED) is 0.420. The summed E-state index contributed by atoms with van der Waals surface area (Å²) in [5.74, 6) is 0.0868. The van der Waals surface area contributed by atoms with Gasteiger partial charge in [-0.25, -0.2) is 0 Å². The molecule has 1 saturated heterocycles. The summed E-state index contributed by atoms with van der Waals surface area (Å²) in [6, 6.07) is 13.1. The highest BCUT2D eigenvalue weighted by molar-refractivity contribution is 6.35. The number of aromatic nitrogens is 1. The largest absolute Gasteiger partial charge is 0.383 e. The fourth-order valence-electron chi connectivity index (χ4n) is 4.11. The molecular formula is C24H25Cl3N4O. The summed E-state index contributed by atoms with van der Waals surface area (Å²) in [5.41, 5.74) is 2.85. The molecule has 1 amide bonds. The number of piperidine rings is 1. The van der Waals surface area contributed by atoms with Gasteiger partial charge in [-0.1, -0.05) is 40.9 Å². The fourth-order valence-corrected chi connectivity index (χ4v) is 4.74. The van der Waals surface area contributed by atoms with E-state index in [1.165, 1.54) is 0 Å². The van der Waals surface area contributed by atoms with Crippen molar-refractivity contribution in [2.45, 2.75) is 19.4 Å². The van der Waals surface area contributed by atoms with Gasteiger partial charge in [-0.2, -0.15) is 0 Å². The van der Waals surface area contributed by atoms with Gasteiger partial charge in [-0.15, -0.1) is 0 Å². The van der Waals surface area contributed by atoms with Crippen LogP contribution in [0.5, 0.6) is 0 Å². The summed E-state index contributed by atoms with van der Waals surface area (Å²) in [5, 5.41) is 9.43. The lowest BCUT2D eigenvalue weighted by Crippen LogP contribution is -2.43. The zero-order valence-corrected chi connectivity index (χ0v) is 19.9. The highest BCUT2D eigenvalue weighted by Gasteiger charge is 2.25. The van der Waals surface area contributed by atoms with Crippen molar-refractivity contribution < 1.29 is 4.79 Å². The number of hydrogen-bond donors (Lipinski definition) is 2. The highest BCUT2D eigenvalue weighted by Crippen LogP contribution is 2.26. The molecule has 2 N–H and O–H groups in total. The molecule has 3 aromatic rings. The molecule has 4 rings (SSSR count). The molecule has 0 unspecified atom stereocenters. The maximum atomic E-state index is 12.7. The van der Waals surface area contributed by atoms with Crippen LogP contribution in [0.2, 0.25) is 15.1 Å². The van der Waals surface area contributed by atoms with Gasteiger partial charge in [-0.3, -0.25) is 14.7 Å². The predicted octanol–water partition coefficient (Wildman–Crippen LogP) is 5.64. The van der Waals surface area contributed by atoms with E-state index in [9.17, 15) is 4.79 Å². The van der Waals surface area contributed by atoms with E-state index in [1.807, 2.05) is 36.4 Å².